The van der Waals surface area contributed by atoms with E-state index in [2.05, 4.69) is 10.2 Å². The molecule has 2 aliphatic rings. The molecule has 6 atom stereocenters. The summed E-state index contributed by atoms with van der Waals surface area (Å²) in [6, 6.07) is 13.3. The average molecular weight is 517 g/mol. The minimum Gasteiger partial charge on any atom is -0.494 e. The van der Waals surface area contributed by atoms with Crippen LogP contribution in [0.15, 0.2) is 42.5 Å². The number of likely N-dealkylation sites (N-methyl/N-ethyl adjacent to an activating group) is 1. The predicted molar refractivity (Wildman–Crippen MR) is 139 cm³/mol. The highest BCUT2D eigenvalue weighted by atomic mass is 35.5. The summed E-state index contributed by atoms with van der Waals surface area (Å²) in [5, 5.41) is 25.2. The van der Waals surface area contributed by atoms with Gasteiger partial charge in [0.05, 0.1) is 24.9 Å². The van der Waals surface area contributed by atoms with E-state index in [1.54, 1.807) is 7.05 Å². The summed E-state index contributed by atoms with van der Waals surface area (Å²) in [6.45, 7) is 5.79. The summed E-state index contributed by atoms with van der Waals surface area (Å²) in [5.41, 5.74) is 2.77. The Morgan fingerprint density at radius 2 is 1.94 bits per heavy atom. The number of nitrogens with one attached hydrogen (secondary N) is 1. The number of nitrogens with zero attached hydrogens (tertiary/aromatic N) is 1. The minimum atomic E-state index is -1.07. The van der Waals surface area contributed by atoms with Crippen molar-refractivity contribution in [3.05, 3.63) is 64.2 Å². The second kappa shape index (κ2) is 11.9. The lowest BCUT2D eigenvalue weighted by molar-refractivity contribution is -0.203. The summed E-state index contributed by atoms with van der Waals surface area (Å²) >= 11 is 6.53. The molecule has 2 aromatic rings. The fourth-order valence-electron chi connectivity index (χ4n) is 5.32. The van der Waals surface area contributed by atoms with Gasteiger partial charge in [-0.3, -0.25) is 9.69 Å². The van der Waals surface area contributed by atoms with Gasteiger partial charge in [-0.25, -0.2) is 0 Å². The number of ether oxygens (including phenoxy) is 2. The van der Waals surface area contributed by atoms with Gasteiger partial charge in [0, 0.05) is 24.5 Å². The number of benzene rings is 2. The molecule has 0 spiro atoms. The van der Waals surface area contributed by atoms with Crippen LogP contribution in [0, 0.1) is 5.92 Å². The van der Waals surface area contributed by atoms with Crippen molar-refractivity contribution in [2.75, 3.05) is 26.7 Å². The van der Waals surface area contributed by atoms with Gasteiger partial charge in [0.15, 0.2) is 0 Å². The van der Waals surface area contributed by atoms with Crippen molar-refractivity contribution >= 4 is 17.5 Å². The fraction of sp³-hybridized carbons (Fsp3) is 0.536. The second-order valence-corrected chi connectivity index (χ2v) is 10.2. The van der Waals surface area contributed by atoms with Crippen LogP contribution in [0.25, 0.3) is 0 Å². The third kappa shape index (κ3) is 5.87. The number of hydrogen-bond donors (Lipinski definition) is 3. The molecule has 1 amide bonds. The molecule has 0 saturated carbocycles. The van der Waals surface area contributed by atoms with E-state index in [-0.39, 0.29) is 24.0 Å². The van der Waals surface area contributed by atoms with E-state index in [4.69, 9.17) is 21.1 Å². The van der Waals surface area contributed by atoms with Crippen LogP contribution in [0.1, 0.15) is 49.5 Å². The number of carbonyl (C=O) groups is 1. The van der Waals surface area contributed by atoms with E-state index >= 15 is 0 Å². The molecule has 196 valence electrons. The van der Waals surface area contributed by atoms with E-state index in [0.29, 0.717) is 24.6 Å². The quantitative estimate of drug-likeness (QED) is 0.498. The van der Waals surface area contributed by atoms with Gasteiger partial charge in [-0.05, 0) is 67.6 Å². The molecule has 0 aromatic heterocycles. The first kappa shape index (κ1) is 26.9. The maximum absolute atomic E-state index is 12.3. The number of aliphatic hydroxyl groups excluding tert-OH is 2. The van der Waals surface area contributed by atoms with Crippen LogP contribution in [-0.2, 0) is 16.0 Å². The van der Waals surface area contributed by atoms with Crippen LogP contribution in [0.4, 0.5) is 0 Å². The lowest BCUT2D eigenvalue weighted by Gasteiger charge is -2.43. The SMILES string of the molecule is CCOc1ccc(Cc2cc([C@@H]3O[C@H](CN4CCC[C@H]4C(=O)NC)[C@@H](C)[C@H](O)[C@H]3O)ccc2Cl)cc1. The Labute approximate surface area is 218 Å². The first-order chi connectivity index (χ1) is 17.3. The van der Waals surface area contributed by atoms with Gasteiger partial charge in [-0.15, -0.1) is 0 Å². The molecule has 2 aromatic carbocycles. The molecular weight excluding hydrogens is 480 g/mol. The van der Waals surface area contributed by atoms with Crippen LogP contribution >= 0.6 is 11.6 Å². The second-order valence-electron chi connectivity index (χ2n) is 9.81. The highest BCUT2D eigenvalue weighted by Gasteiger charge is 2.44. The Morgan fingerprint density at radius 3 is 2.64 bits per heavy atom. The largest absolute Gasteiger partial charge is 0.494 e. The van der Waals surface area contributed by atoms with Crippen LogP contribution in [-0.4, -0.2) is 72.1 Å². The third-order valence-corrected chi connectivity index (χ3v) is 7.83. The van der Waals surface area contributed by atoms with Gasteiger partial charge < -0.3 is 25.0 Å². The van der Waals surface area contributed by atoms with E-state index in [1.807, 2.05) is 56.3 Å². The van der Waals surface area contributed by atoms with Crippen LogP contribution in [0.3, 0.4) is 0 Å². The minimum absolute atomic E-state index is 0.00438. The monoisotopic (exact) mass is 516 g/mol. The predicted octanol–water partition coefficient (Wildman–Crippen LogP) is 3.34. The Balaban J connectivity index is 1.52. The molecule has 3 N–H and O–H groups in total. The topological polar surface area (TPSA) is 91.3 Å². The van der Waals surface area contributed by atoms with E-state index in [0.717, 1.165) is 41.8 Å². The molecule has 7 nitrogen and oxygen atoms in total. The van der Waals surface area contributed by atoms with E-state index < -0.39 is 18.3 Å². The zero-order valence-corrected chi connectivity index (χ0v) is 21.9. The summed E-state index contributed by atoms with van der Waals surface area (Å²) < 4.78 is 12.0. The molecule has 0 unspecified atom stereocenters. The van der Waals surface area contributed by atoms with Gasteiger partial charge in [0.1, 0.15) is 18.0 Å². The van der Waals surface area contributed by atoms with Gasteiger partial charge in [0.2, 0.25) is 5.91 Å². The van der Waals surface area contributed by atoms with Crippen molar-refractivity contribution in [1.29, 1.82) is 0 Å². The van der Waals surface area contributed by atoms with Crippen molar-refractivity contribution < 1.29 is 24.5 Å². The molecule has 0 radical (unpaired) electrons. The standard InChI is InChI=1S/C28H37ClN2O5/c1-4-35-21-10-7-18(8-11-21)14-20-15-19(9-12-22(20)29)27-26(33)25(32)17(2)24(36-27)16-31-13-5-6-23(31)28(34)30-3/h7-12,15,17,23-27,32-33H,4-6,13-14,16H2,1-3H3,(H,30,34)/t17-,23+,24-,25+,26-,27+/m1/s1. The molecule has 2 fully saturated rings. The maximum atomic E-state index is 12.3. The Kier molecular flexibility index (Phi) is 8.91. The summed E-state index contributed by atoms with van der Waals surface area (Å²) in [6.07, 6.45) is -0.667. The van der Waals surface area contributed by atoms with Gasteiger partial charge in [0.25, 0.3) is 0 Å². The number of carbonyl (C=O) groups excluding carboxylic acids is 1. The molecule has 0 bridgehead atoms. The van der Waals surface area contributed by atoms with Crippen molar-refractivity contribution in [2.45, 2.75) is 63.6 Å². The molecule has 36 heavy (non-hydrogen) atoms. The average Bonchev–Trinajstić information content (AvgIpc) is 3.35. The number of hydrogen-bond acceptors (Lipinski definition) is 6. The summed E-state index contributed by atoms with van der Waals surface area (Å²) in [5.74, 6) is 0.549. The smallest absolute Gasteiger partial charge is 0.237 e. The summed E-state index contributed by atoms with van der Waals surface area (Å²) in [4.78, 5) is 14.4. The van der Waals surface area contributed by atoms with Gasteiger partial charge in [-0.1, -0.05) is 42.8 Å². The van der Waals surface area contributed by atoms with Crippen molar-refractivity contribution in [3.8, 4) is 5.75 Å². The molecule has 2 aliphatic heterocycles. The normalized spacial score (nSPS) is 28.7. The molecule has 2 saturated heterocycles. The number of amides is 1. The molecular formula is C28H37ClN2O5. The van der Waals surface area contributed by atoms with Crippen molar-refractivity contribution in [2.24, 2.45) is 5.92 Å². The van der Waals surface area contributed by atoms with Crippen LogP contribution < -0.4 is 10.1 Å². The number of rotatable bonds is 8. The molecule has 0 aliphatic carbocycles. The first-order valence-corrected chi connectivity index (χ1v) is 13.2. The first-order valence-electron chi connectivity index (χ1n) is 12.8. The number of likely N-dealkylation sites (tertiary alicyclic amines) is 1. The van der Waals surface area contributed by atoms with E-state index in [1.165, 1.54) is 0 Å². The van der Waals surface area contributed by atoms with Gasteiger partial charge in [-0.2, -0.15) is 0 Å². The Bertz CT molecular complexity index is 1030. The maximum Gasteiger partial charge on any atom is 0.237 e. The van der Waals surface area contributed by atoms with Crippen molar-refractivity contribution in [3.63, 3.8) is 0 Å². The number of halogens is 1. The van der Waals surface area contributed by atoms with Crippen molar-refractivity contribution in [1.82, 2.24) is 10.2 Å². The highest BCUT2D eigenvalue weighted by Crippen LogP contribution is 2.37. The zero-order chi connectivity index (χ0) is 25.8. The Hall–Kier alpha value is -2.16. The lowest BCUT2D eigenvalue weighted by Crippen LogP contribution is -2.54. The van der Waals surface area contributed by atoms with Gasteiger partial charge >= 0.3 is 0 Å². The molecule has 2 heterocycles. The highest BCUT2D eigenvalue weighted by molar-refractivity contribution is 6.31. The molecule has 8 heteroatoms. The number of aliphatic hydroxyl groups is 2. The summed E-state index contributed by atoms with van der Waals surface area (Å²) in [7, 11) is 1.65. The van der Waals surface area contributed by atoms with Crippen LogP contribution in [0.5, 0.6) is 5.75 Å². The Morgan fingerprint density at radius 1 is 1.19 bits per heavy atom. The van der Waals surface area contributed by atoms with E-state index in [9.17, 15) is 15.0 Å². The van der Waals surface area contributed by atoms with Crippen LogP contribution in [0.2, 0.25) is 5.02 Å². The zero-order valence-electron chi connectivity index (χ0n) is 21.2. The lowest BCUT2D eigenvalue weighted by atomic mass is 9.85. The third-order valence-electron chi connectivity index (χ3n) is 7.46. The molecule has 4 rings (SSSR count). The fourth-order valence-corrected chi connectivity index (χ4v) is 5.51.